The molecule has 0 atom stereocenters. The molecule has 0 saturated carbocycles. The minimum atomic E-state index is -0.555. The Hall–Kier alpha value is -3.42. The molecule has 2 rings (SSSR count). The summed E-state index contributed by atoms with van der Waals surface area (Å²) in [7, 11) is 1.40. The van der Waals surface area contributed by atoms with Gasteiger partial charge in [0.1, 0.15) is 0 Å². The molecule has 8 heteroatoms. The molecule has 0 bridgehead atoms. The summed E-state index contributed by atoms with van der Waals surface area (Å²) in [5.41, 5.74) is 0.833. The Bertz CT molecular complexity index is 861. The molecule has 8 nitrogen and oxygen atoms in total. The van der Waals surface area contributed by atoms with E-state index in [2.05, 4.69) is 5.32 Å². The second kappa shape index (κ2) is 9.50. The molecule has 0 spiro atoms. The molecular weight excluding hydrogens is 364 g/mol. The van der Waals surface area contributed by atoms with Gasteiger partial charge in [-0.3, -0.25) is 19.7 Å². The van der Waals surface area contributed by atoms with Crippen LogP contribution < -0.4 is 14.8 Å². The Balaban J connectivity index is 2.01. The number of nitrogens with one attached hydrogen (secondary N) is 1. The van der Waals surface area contributed by atoms with E-state index in [-0.39, 0.29) is 35.7 Å². The lowest BCUT2D eigenvalue weighted by molar-refractivity contribution is -0.385. The number of ether oxygens (including phenoxy) is 2. The van der Waals surface area contributed by atoms with E-state index in [4.69, 9.17) is 9.47 Å². The monoisotopic (exact) mass is 386 g/mol. The average Bonchev–Trinajstić information content (AvgIpc) is 2.65. The Labute approximate surface area is 162 Å². The number of nitro groups is 1. The van der Waals surface area contributed by atoms with Gasteiger partial charge in [0.25, 0.3) is 5.69 Å². The van der Waals surface area contributed by atoms with Crippen molar-refractivity contribution in [3.63, 3.8) is 0 Å². The van der Waals surface area contributed by atoms with Gasteiger partial charge in [-0.1, -0.05) is 13.8 Å². The van der Waals surface area contributed by atoms with Crippen LogP contribution in [0.4, 0.5) is 11.4 Å². The second-order valence-corrected chi connectivity index (χ2v) is 6.53. The average molecular weight is 386 g/mol. The van der Waals surface area contributed by atoms with E-state index >= 15 is 0 Å². The quantitative estimate of drug-likeness (QED) is 0.398. The first-order chi connectivity index (χ1) is 13.3. The number of non-ortho nitro benzene ring substituents is 1. The van der Waals surface area contributed by atoms with Crippen LogP contribution >= 0.6 is 0 Å². The summed E-state index contributed by atoms with van der Waals surface area (Å²) in [5, 5.41) is 13.7. The topological polar surface area (TPSA) is 108 Å². The molecule has 2 aromatic carbocycles. The standard InChI is InChI=1S/C20H22N2O6/c1-13(2)10-20(24)21-15-6-4-14(5-7-15)17(23)12-28-19-11-16(22(25)26)8-9-18(19)27-3/h4-9,11,13H,10,12H2,1-3H3,(H,21,24). The number of hydrogen-bond acceptors (Lipinski definition) is 6. The van der Waals surface area contributed by atoms with Crippen LogP contribution in [0.25, 0.3) is 0 Å². The fourth-order valence-electron chi connectivity index (χ4n) is 2.44. The number of nitrogens with zero attached hydrogens (tertiary/aromatic N) is 1. The zero-order valence-corrected chi connectivity index (χ0v) is 15.9. The third-order valence-corrected chi connectivity index (χ3v) is 3.80. The van der Waals surface area contributed by atoms with Crippen molar-refractivity contribution in [3.05, 3.63) is 58.1 Å². The number of carbonyl (C=O) groups excluding carboxylic acids is 2. The van der Waals surface area contributed by atoms with E-state index in [1.807, 2.05) is 13.8 Å². The van der Waals surface area contributed by atoms with Crippen molar-refractivity contribution in [2.24, 2.45) is 5.92 Å². The molecule has 0 fully saturated rings. The number of Topliss-reactive ketones (excluding diaryl/α,β-unsaturated/α-hetero) is 1. The first kappa shape index (κ1) is 20.9. The molecule has 148 valence electrons. The molecule has 0 unspecified atom stereocenters. The highest BCUT2D eigenvalue weighted by molar-refractivity contribution is 5.98. The maximum atomic E-state index is 12.3. The summed E-state index contributed by atoms with van der Waals surface area (Å²) in [5.74, 6) is 0.261. The lowest BCUT2D eigenvalue weighted by Gasteiger charge is -2.10. The maximum absolute atomic E-state index is 12.3. The summed E-state index contributed by atoms with van der Waals surface area (Å²) in [6.45, 7) is 3.60. The fraction of sp³-hybridized carbons (Fsp3) is 0.300. The van der Waals surface area contributed by atoms with Crippen LogP contribution in [0, 0.1) is 16.0 Å². The highest BCUT2D eigenvalue weighted by Gasteiger charge is 2.15. The van der Waals surface area contributed by atoms with Crippen LogP contribution in [0.3, 0.4) is 0 Å². The van der Waals surface area contributed by atoms with Crippen LogP contribution in [-0.2, 0) is 4.79 Å². The molecule has 0 aromatic heterocycles. The van der Waals surface area contributed by atoms with Gasteiger partial charge in [0, 0.05) is 23.7 Å². The summed E-state index contributed by atoms with van der Waals surface area (Å²) < 4.78 is 10.5. The summed E-state index contributed by atoms with van der Waals surface area (Å²) in [4.78, 5) is 34.4. The van der Waals surface area contributed by atoms with Crippen molar-refractivity contribution in [2.45, 2.75) is 20.3 Å². The maximum Gasteiger partial charge on any atom is 0.273 e. The number of rotatable bonds is 9. The first-order valence-corrected chi connectivity index (χ1v) is 8.68. The van der Waals surface area contributed by atoms with E-state index < -0.39 is 4.92 Å². The molecule has 2 aromatic rings. The molecule has 28 heavy (non-hydrogen) atoms. The number of anilines is 1. The Morgan fingerprint density at radius 2 is 1.79 bits per heavy atom. The zero-order valence-electron chi connectivity index (χ0n) is 15.9. The van der Waals surface area contributed by atoms with Crippen LogP contribution in [0.15, 0.2) is 42.5 Å². The summed E-state index contributed by atoms with van der Waals surface area (Å²) in [6.07, 6.45) is 0.416. The molecule has 0 heterocycles. The fourth-order valence-corrected chi connectivity index (χ4v) is 2.44. The molecule has 1 amide bonds. The Kier molecular flexibility index (Phi) is 7.08. The summed E-state index contributed by atoms with van der Waals surface area (Å²) >= 11 is 0. The molecule has 0 aliphatic heterocycles. The van der Waals surface area contributed by atoms with Gasteiger partial charge in [-0.25, -0.2) is 0 Å². The first-order valence-electron chi connectivity index (χ1n) is 8.68. The van der Waals surface area contributed by atoms with Gasteiger partial charge < -0.3 is 14.8 Å². The lowest BCUT2D eigenvalue weighted by atomic mass is 10.1. The van der Waals surface area contributed by atoms with E-state index in [1.165, 1.54) is 25.3 Å². The minimum Gasteiger partial charge on any atom is -0.493 e. The van der Waals surface area contributed by atoms with E-state index in [1.54, 1.807) is 24.3 Å². The highest BCUT2D eigenvalue weighted by Crippen LogP contribution is 2.31. The Morgan fingerprint density at radius 3 is 2.36 bits per heavy atom. The van der Waals surface area contributed by atoms with Crippen molar-refractivity contribution in [3.8, 4) is 11.5 Å². The Morgan fingerprint density at radius 1 is 1.11 bits per heavy atom. The van der Waals surface area contributed by atoms with Crippen LogP contribution in [-0.4, -0.2) is 30.3 Å². The van der Waals surface area contributed by atoms with Gasteiger partial charge in [0.2, 0.25) is 5.91 Å². The van der Waals surface area contributed by atoms with Crippen molar-refractivity contribution >= 4 is 23.1 Å². The van der Waals surface area contributed by atoms with E-state index in [0.717, 1.165) is 0 Å². The van der Waals surface area contributed by atoms with Gasteiger partial charge in [-0.05, 0) is 36.2 Å². The van der Waals surface area contributed by atoms with Crippen LogP contribution in [0.5, 0.6) is 11.5 Å². The van der Waals surface area contributed by atoms with Crippen LogP contribution in [0.1, 0.15) is 30.6 Å². The number of nitro benzene ring substituents is 1. The van der Waals surface area contributed by atoms with Crippen molar-refractivity contribution < 1.29 is 24.0 Å². The molecular formula is C20H22N2O6. The highest BCUT2D eigenvalue weighted by atomic mass is 16.6. The SMILES string of the molecule is COc1ccc([N+](=O)[O-])cc1OCC(=O)c1ccc(NC(=O)CC(C)C)cc1. The third kappa shape index (κ3) is 5.80. The van der Waals surface area contributed by atoms with Crippen molar-refractivity contribution in [2.75, 3.05) is 19.0 Å². The molecule has 1 N–H and O–H groups in total. The normalized spacial score (nSPS) is 10.4. The minimum absolute atomic E-state index is 0.0878. The number of methoxy groups -OCH3 is 1. The summed E-state index contributed by atoms with van der Waals surface area (Å²) in [6, 6.07) is 10.4. The van der Waals surface area contributed by atoms with Gasteiger partial charge in [0.05, 0.1) is 18.1 Å². The van der Waals surface area contributed by atoms with Gasteiger partial charge in [-0.15, -0.1) is 0 Å². The van der Waals surface area contributed by atoms with Crippen LogP contribution in [0.2, 0.25) is 0 Å². The van der Waals surface area contributed by atoms with Crippen molar-refractivity contribution in [1.82, 2.24) is 0 Å². The largest absolute Gasteiger partial charge is 0.493 e. The molecule has 0 radical (unpaired) electrons. The number of amides is 1. The second-order valence-electron chi connectivity index (χ2n) is 6.53. The van der Waals surface area contributed by atoms with Gasteiger partial charge >= 0.3 is 0 Å². The smallest absolute Gasteiger partial charge is 0.273 e. The molecule has 0 aliphatic rings. The number of ketones is 1. The van der Waals surface area contributed by atoms with Gasteiger partial charge in [-0.2, -0.15) is 0 Å². The van der Waals surface area contributed by atoms with E-state index in [9.17, 15) is 19.7 Å². The van der Waals surface area contributed by atoms with Crippen molar-refractivity contribution in [1.29, 1.82) is 0 Å². The van der Waals surface area contributed by atoms with Gasteiger partial charge in [0.15, 0.2) is 23.9 Å². The predicted octanol–water partition coefficient (Wildman–Crippen LogP) is 3.85. The zero-order chi connectivity index (χ0) is 20.7. The third-order valence-electron chi connectivity index (χ3n) is 3.80. The predicted molar refractivity (Wildman–Crippen MR) is 104 cm³/mol. The lowest BCUT2D eigenvalue weighted by Crippen LogP contribution is -2.14. The van der Waals surface area contributed by atoms with E-state index in [0.29, 0.717) is 23.4 Å². The molecule has 0 saturated heterocycles. The number of benzene rings is 2. The number of carbonyl (C=O) groups is 2. The number of hydrogen-bond donors (Lipinski definition) is 1. The molecule has 0 aliphatic carbocycles.